The molecule has 0 heterocycles. The summed E-state index contributed by atoms with van der Waals surface area (Å²) in [6, 6.07) is 12.7. The van der Waals surface area contributed by atoms with Crippen LogP contribution in [0.2, 0.25) is 10.0 Å². The summed E-state index contributed by atoms with van der Waals surface area (Å²) in [5.41, 5.74) is 1.16. The van der Waals surface area contributed by atoms with Crippen LogP contribution < -0.4 is 19.9 Å². The van der Waals surface area contributed by atoms with Gasteiger partial charge in [0.15, 0.2) is 18.1 Å². The van der Waals surface area contributed by atoms with E-state index in [2.05, 4.69) is 5.32 Å². The lowest BCUT2D eigenvalue weighted by Gasteiger charge is -2.14. The number of hydrogen-bond donors (Lipinski definition) is 2. The van der Waals surface area contributed by atoms with Crippen LogP contribution in [0.3, 0.4) is 0 Å². The first-order valence-electron chi connectivity index (χ1n) is 9.40. The standard InChI is InChI=1S/C22H16Cl2FN3O5S/c1-12-6-13(10-26)8-14(7-12)33-22-16(23)3-5-19(21(22)25)32-11-20(29)28-18-4-2-15(9-17(18)24)34(27,30)31/h2-9H,11H2,1H3,(H,28,29)(H2,27,30,31). The third kappa shape index (κ3) is 6.15. The lowest BCUT2D eigenvalue weighted by Crippen LogP contribution is -2.21. The van der Waals surface area contributed by atoms with Gasteiger partial charge in [0.05, 0.1) is 32.3 Å². The fraction of sp³-hybridized carbons (Fsp3) is 0.0909. The minimum absolute atomic E-state index is 0.0453. The van der Waals surface area contributed by atoms with Crippen LogP contribution in [0, 0.1) is 24.1 Å². The van der Waals surface area contributed by atoms with Crippen molar-refractivity contribution in [3.8, 4) is 23.3 Å². The van der Waals surface area contributed by atoms with Gasteiger partial charge in [-0.2, -0.15) is 9.65 Å². The molecule has 0 unspecified atom stereocenters. The minimum Gasteiger partial charge on any atom is -0.481 e. The van der Waals surface area contributed by atoms with Gasteiger partial charge in [-0.1, -0.05) is 23.2 Å². The number of nitrogens with two attached hydrogens (primary N) is 1. The molecule has 0 spiro atoms. The number of anilines is 1. The minimum atomic E-state index is -3.96. The Labute approximate surface area is 204 Å². The molecule has 0 aromatic heterocycles. The first-order chi connectivity index (χ1) is 16.0. The number of nitriles is 1. The molecule has 3 N–H and O–H groups in total. The van der Waals surface area contributed by atoms with Gasteiger partial charge in [0.1, 0.15) is 5.75 Å². The second kappa shape index (κ2) is 10.3. The molecule has 34 heavy (non-hydrogen) atoms. The van der Waals surface area contributed by atoms with Crippen molar-refractivity contribution in [2.75, 3.05) is 11.9 Å². The van der Waals surface area contributed by atoms with E-state index in [1.165, 1.54) is 30.3 Å². The number of carbonyl (C=O) groups excluding carboxylic acids is 1. The highest BCUT2D eigenvalue weighted by molar-refractivity contribution is 7.89. The highest BCUT2D eigenvalue weighted by atomic mass is 35.5. The van der Waals surface area contributed by atoms with Crippen molar-refractivity contribution in [3.05, 3.63) is 75.5 Å². The molecule has 3 rings (SSSR count). The molecular formula is C22H16Cl2FN3O5S. The highest BCUT2D eigenvalue weighted by Crippen LogP contribution is 2.37. The molecule has 0 bridgehead atoms. The molecule has 8 nitrogen and oxygen atoms in total. The van der Waals surface area contributed by atoms with Crippen LogP contribution in [-0.2, 0) is 14.8 Å². The van der Waals surface area contributed by atoms with Crippen molar-refractivity contribution < 1.29 is 27.1 Å². The maximum absolute atomic E-state index is 15.0. The Morgan fingerprint density at radius 3 is 2.53 bits per heavy atom. The Morgan fingerprint density at radius 1 is 1.15 bits per heavy atom. The zero-order chi connectivity index (χ0) is 25.0. The normalized spacial score (nSPS) is 10.9. The van der Waals surface area contributed by atoms with E-state index in [1.54, 1.807) is 19.1 Å². The van der Waals surface area contributed by atoms with Crippen LogP contribution in [0.1, 0.15) is 11.1 Å². The lowest BCUT2D eigenvalue weighted by atomic mass is 10.1. The summed E-state index contributed by atoms with van der Waals surface area (Å²) < 4.78 is 48.5. The zero-order valence-electron chi connectivity index (χ0n) is 17.4. The number of primary sulfonamides is 1. The van der Waals surface area contributed by atoms with Crippen molar-refractivity contribution in [3.63, 3.8) is 0 Å². The number of sulfonamides is 1. The molecule has 0 atom stereocenters. The fourth-order valence-corrected chi connectivity index (χ4v) is 3.83. The summed E-state index contributed by atoms with van der Waals surface area (Å²) in [4.78, 5) is 12.0. The largest absolute Gasteiger partial charge is 0.481 e. The van der Waals surface area contributed by atoms with E-state index in [-0.39, 0.29) is 37.9 Å². The molecule has 12 heteroatoms. The first kappa shape index (κ1) is 25.3. The van der Waals surface area contributed by atoms with Crippen molar-refractivity contribution in [1.29, 1.82) is 5.26 Å². The zero-order valence-corrected chi connectivity index (χ0v) is 19.8. The molecule has 3 aromatic carbocycles. The van der Waals surface area contributed by atoms with E-state index in [0.29, 0.717) is 5.56 Å². The molecule has 0 aliphatic heterocycles. The molecule has 1 amide bonds. The van der Waals surface area contributed by atoms with Crippen LogP contribution in [0.25, 0.3) is 0 Å². The van der Waals surface area contributed by atoms with E-state index in [9.17, 15) is 17.6 Å². The molecule has 0 saturated heterocycles. The third-order valence-corrected chi connectivity index (χ3v) is 5.84. The van der Waals surface area contributed by atoms with Gasteiger partial charge in [-0.05, 0) is 61.0 Å². The number of hydrogen-bond acceptors (Lipinski definition) is 6. The van der Waals surface area contributed by atoms with E-state index >= 15 is 0 Å². The summed E-state index contributed by atoms with van der Waals surface area (Å²) in [5.74, 6) is -2.09. The summed E-state index contributed by atoms with van der Waals surface area (Å²) in [7, 11) is -3.96. The van der Waals surface area contributed by atoms with Gasteiger partial charge in [0.2, 0.25) is 15.8 Å². The van der Waals surface area contributed by atoms with Gasteiger partial charge in [-0.15, -0.1) is 0 Å². The summed E-state index contributed by atoms with van der Waals surface area (Å²) in [6.45, 7) is 1.15. The topological polar surface area (TPSA) is 132 Å². The number of nitrogens with zero attached hydrogens (tertiary/aromatic N) is 1. The van der Waals surface area contributed by atoms with Gasteiger partial charge in [-0.3, -0.25) is 4.79 Å². The van der Waals surface area contributed by atoms with Crippen LogP contribution in [0.5, 0.6) is 17.2 Å². The van der Waals surface area contributed by atoms with E-state index in [1.807, 2.05) is 6.07 Å². The number of halogens is 3. The van der Waals surface area contributed by atoms with Crippen molar-refractivity contribution in [2.24, 2.45) is 5.14 Å². The third-order valence-electron chi connectivity index (χ3n) is 4.32. The Balaban J connectivity index is 1.73. The molecule has 0 fully saturated rings. The maximum Gasteiger partial charge on any atom is 0.262 e. The van der Waals surface area contributed by atoms with Gasteiger partial charge < -0.3 is 14.8 Å². The average Bonchev–Trinajstić information content (AvgIpc) is 2.76. The lowest BCUT2D eigenvalue weighted by molar-refractivity contribution is -0.118. The number of amides is 1. The van der Waals surface area contributed by atoms with Crippen molar-refractivity contribution in [2.45, 2.75) is 11.8 Å². The molecule has 176 valence electrons. The predicted octanol–water partition coefficient (Wildman–Crippen LogP) is 4.77. The molecular weight excluding hydrogens is 508 g/mol. The van der Waals surface area contributed by atoms with E-state index in [4.69, 9.17) is 43.1 Å². The fourth-order valence-electron chi connectivity index (χ4n) is 2.81. The van der Waals surface area contributed by atoms with Crippen LogP contribution in [0.15, 0.2) is 53.4 Å². The Morgan fingerprint density at radius 2 is 1.88 bits per heavy atom. The van der Waals surface area contributed by atoms with E-state index in [0.717, 1.165) is 11.6 Å². The molecule has 0 radical (unpaired) electrons. The number of aryl methyl sites for hydroxylation is 1. The Hall–Kier alpha value is -3.36. The van der Waals surface area contributed by atoms with Gasteiger partial charge >= 0.3 is 0 Å². The summed E-state index contributed by atoms with van der Waals surface area (Å²) in [5, 5.41) is 16.4. The second-order valence-electron chi connectivity index (χ2n) is 6.96. The number of carbonyl (C=O) groups is 1. The first-order valence-corrected chi connectivity index (χ1v) is 11.7. The molecule has 0 saturated carbocycles. The SMILES string of the molecule is Cc1cc(C#N)cc(Oc2c(Cl)ccc(OCC(=O)Nc3ccc(S(N)(=O)=O)cc3Cl)c2F)c1. The van der Waals surface area contributed by atoms with Crippen molar-refractivity contribution in [1.82, 2.24) is 0 Å². The predicted molar refractivity (Wildman–Crippen MR) is 124 cm³/mol. The van der Waals surface area contributed by atoms with Gasteiger partial charge in [0, 0.05) is 0 Å². The second-order valence-corrected chi connectivity index (χ2v) is 9.34. The van der Waals surface area contributed by atoms with Gasteiger partial charge in [0.25, 0.3) is 5.91 Å². The van der Waals surface area contributed by atoms with Crippen LogP contribution in [0.4, 0.5) is 10.1 Å². The quantitative estimate of drug-likeness (QED) is 0.458. The molecule has 3 aromatic rings. The maximum atomic E-state index is 15.0. The number of rotatable bonds is 7. The van der Waals surface area contributed by atoms with Gasteiger partial charge in [-0.25, -0.2) is 13.6 Å². The van der Waals surface area contributed by atoms with Crippen LogP contribution in [-0.4, -0.2) is 20.9 Å². The Bertz CT molecular complexity index is 1420. The summed E-state index contributed by atoms with van der Waals surface area (Å²) in [6.07, 6.45) is 0. The van der Waals surface area contributed by atoms with E-state index < -0.39 is 28.4 Å². The highest BCUT2D eigenvalue weighted by Gasteiger charge is 2.18. The average molecular weight is 524 g/mol. The van der Waals surface area contributed by atoms with Crippen molar-refractivity contribution >= 4 is 44.8 Å². The Kier molecular flexibility index (Phi) is 7.64. The molecule has 0 aliphatic carbocycles. The summed E-state index contributed by atoms with van der Waals surface area (Å²) >= 11 is 12.0. The number of benzene rings is 3. The number of ether oxygens (including phenoxy) is 2. The molecule has 0 aliphatic rings. The monoisotopic (exact) mass is 523 g/mol. The van der Waals surface area contributed by atoms with Crippen LogP contribution >= 0.6 is 23.2 Å². The smallest absolute Gasteiger partial charge is 0.262 e. The number of nitrogens with one attached hydrogen (secondary N) is 1.